The van der Waals surface area contributed by atoms with E-state index in [1.165, 1.54) is 0 Å². The van der Waals surface area contributed by atoms with Gasteiger partial charge in [0, 0.05) is 0 Å². The van der Waals surface area contributed by atoms with Gasteiger partial charge in [0.1, 0.15) is 0 Å². The summed E-state index contributed by atoms with van der Waals surface area (Å²) in [5.74, 6) is -49.2. The van der Waals surface area contributed by atoms with Gasteiger partial charge >= 0.3 is 147 Å². The Morgan fingerprint density at radius 2 is 0.655 bits per heavy atom. The topological polar surface area (TPSA) is 37.3 Å². The third kappa shape index (κ3) is 4.77. The fourth-order valence-corrected chi connectivity index (χ4v) is 1.56. The molecular formula is C8H3F17NaO2P. The molecule has 29 heavy (non-hydrogen) atoms. The van der Waals surface area contributed by atoms with Crippen LogP contribution in [0.15, 0.2) is 0 Å². The molecule has 0 fully saturated rings. The molecule has 0 aliphatic heterocycles. The van der Waals surface area contributed by atoms with Crippen molar-refractivity contribution in [2.24, 2.45) is 0 Å². The smallest absolute Gasteiger partial charge is 0.177 e. The van der Waals surface area contributed by atoms with Crippen molar-refractivity contribution < 1.29 is 84.1 Å². The van der Waals surface area contributed by atoms with Gasteiger partial charge in [-0.25, -0.2) is 0 Å². The first-order valence-electron chi connectivity index (χ1n) is 5.96. The molecule has 0 heterocycles. The zero-order valence-corrected chi connectivity index (χ0v) is 16.0. The van der Waals surface area contributed by atoms with Crippen molar-refractivity contribution in [3.8, 4) is 0 Å². The largest absolute Gasteiger partial charge is 0.348 e. The number of rotatable bonds is 6. The molecule has 0 radical (unpaired) electrons. The maximum Gasteiger partial charge on any atom is 0.177 e. The molecule has 1 unspecified atom stereocenters. The second kappa shape index (κ2) is 8.50. The summed E-state index contributed by atoms with van der Waals surface area (Å²) in [6.07, 6.45) is -7.73. The molecule has 0 aliphatic rings. The average molecular weight is 508 g/mol. The molecule has 0 aromatic rings. The summed E-state index contributed by atoms with van der Waals surface area (Å²) < 4.78 is 215. The van der Waals surface area contributed by atoms with E-state index in [9.17, 15) is 74.6 Å². The summed E-state index contributed by atoms with van der Waals surface area (Å²) in [5, 5.41) is 0. The molecule has 0 aromatic carbocycles. The maximum atomic E-state index is 12.9. The quantitative estimate of drug-likeness (QED) is 0.319. The fraction of sp³-hybridized carbons (Fsp3) is 1.00. The van der Waals surface area contributed by atoms with Crippen LogP contribution in [0.4, 0.5) is 74.6 Å². The van der Waals surface area contributed by atoms with Crippen LogP contribution in [0.1, 0.15) is 0 Å². The van der Waals surface area contributed by atoms with Gasteiger partial charge in [0.2, 0.25) is 0 Å². The zero-order chi connectivity index (χ0) is 24.7. The molecule has 1 atom stereocenters. The van der Waals surface area contributed by atoms with Crippen LogP contribution in [-0.2, 0) is 4.57 Å². The van der Waals surface area contributed by atoms with Gasteiger partial charge in [0.25, 0.3) is 0 Å². The van der Waals surface area contributed by atoms with E-state index < -0.39 is 81.5 Å². The maximum absolute atomic E-state index is 12.9. The Balaban J connectivity index is 0. The minimum Gasteiger partial charge on any atom is -0.348 e. The van der Waals surface area contributed by atoms with Crippen molar-refractivity contribution in [3.05, 3.63) is 0 Å². The summed E-state index contributed by atoms with van der Waals surface area (Å²) in [7, 11) is -1.50. The van der Waals surface area contributed by atoms with Crippen molar-refractivity contribution >= 4 is 36.6 Å². The predicted molar refractivity (Wildman–Crippen MR) is 59.1 cm³/mol. The van der Waals surface area contributed by atoms with E-state index in [1.54, 1.807) is 0 Å². The molecule has 0 aliphatic carbocycles. The number of alkyl halides is 17. The molecule has 0 saturated carbocycles. The summed E-state index contributed by atoms with van der Waals surface area (Å²) in [6.45, 7) is 0. The van der Waals surface area contributed by atoms with Gasteiger partial charge in [-0.2, -0.15) is 0 Å². The van der Waals surface area contributed by atoms with Crippen molar-refractivity contribution in [3.63, 3.8) is 0 Å². The second-order valence-corrected chi connectivity index (χ2v) is 6.40. The van der Waals surface area contributed by atoms with Gasteiger partial charge in [-0.1, -0.05) is 0 Å². The standard InChI is InChI=1S/C8F17.Na.H3O2P/c9-1(10)2(11,12)3(13,14)4(15,16)5(17,18)6(19,20)7(21,22)8(23,24)25;;1-3-2/h;;3H2,(H,1,2). The van der Waals surface area contributed by atoms with Crippen LogP contribution in [0, 0.1) is 0 Å². The minimum atomic E-state index is -8.54. The Hall–Kier alpha value is -0.000000000000000631. The van der Waals surface area contributed by atoms with Gasteiger partial charge in [0.15, 0.2) is 8.69 Å². The molecule has 0 rings (SSSR count). The van der Waals surface area contributed by atoms with Crippen molar-refractivity contribution in [1.82, 2.24) is 0 Å². The van der Waals surface area contributed by atoms with E-state index in [0.29, 0.717) is 0 Å². The van der Waals surface area contributed by atoms with Crippen LogP contribution in [-0.4, -0.2) is 77.7 Å². The third-order valence-electron chi connectivity index (χ3n) is 2.88. The SMILES string of the molecule is FC(F)(F)C(F)(F)C(F)(F)C(F)(F)C(F)(F)C(F)(F)C(F)(F)[C](F)(F)[Na].O=[PH2]O. The van der Waals surface area contributed by atoms with E-state index >= 15 is 0 Å². The predicted octanol–water partition coefficient (Wildman–Crippen LogP) is 4.77. The Morgan fingerprint density at radius 3 is 0.828 bits per heavy atom. The molecule has 0 amide bonds. The summed E-state index contributed by atoms with van der Waals surface area (Å²) >= 11 is -2.45. The van der Waals surface area contributed by atoms with Crippen LogP contribution >= 0.6 is 8.69 Å². The molecule has 2 nitrogen and oxygen atoms in total. The van der Waals surface area contributed by atoms with Crippen LogP contribution in [0.5, 0.6) is 0 Å². The number of hydrogen-bond donors (Lipinski definition) is 1. The Morgan fingerprint density at radius 1 is 0.483 bits per heavy atom. The fourth-order valence-electron chi connectivity index (χ4n) is 1.24. The van der Waals surface area contributed by atoms with E-state index in [1.807, 2.05) is 0 Å². The average Bonchev–Trinajstić information content (AvgIpc) is 2.44. The first kappa shape index (κ1) is 31.2. The van der Waals surface area contributed by atoms with Gasteiger partial charge in [-0.15, -0.1) is 0 Å². The van der Waals surface area contributed by atoms with Gasteiger partial charge in [-0.3, -0.25) is 4.57 Å². The molecule has 0 saturated heterocycles. The van der Waals surface area contributed by atoms with E-state index in [4.69, 9.17) is 9.46 Å². The number of hydrogen-bond acceptors (Lipinski definition) is 1. The van der Waals surface area contributed by atoms with Crippen LogP contribution in [0.25, 0.3) is 0 Å². The van der Waals surface area contributed by atoms with E-state index in [0.717, 1.165) is 0 Å². The van der Waals surface area contributed by atoms with Gasteiger partial charge in [-0.05, 0) is 0 Å². The molecule has 1 N–H and O–H groups in total. The molecule has 0 bridgehead atoms. The van der Waals surface area contributed by atoms with Crippen LogP contribution in [0.2, 0.25) is 0 Å². The van der Waals surface area contributed by atoms with Crippen LogP contribution in [0.3, 0.4) is 0 Å². The Kier molecular flexibility index (Phi) is 9.14. The Labute approximate surface area is 166 Å². The summed E-state index contributed by atoms with van der Waals surface area (Å²) in [4.78, 5) is 7.10. The summed E-state index contributed by atoms with van der Waals surface area (Å²) in [6, 6.07) is 0. The molecule has 0 aromatic heterocycles. The second-order valence-electron chi connectivity index (χ2n) is 4.94. The minimum absolute atomic E-state index is 1.50. The molecule has 0 spiro atoms. The van der Waals surface area contributed by atoms with E-state index in [2.05, 4.69) is 0 Å². The zero-order valence-electron chi connectivity index (χ0n) is 12.9. The molecule has 21 heteroatoms. The van der Waals surface area contributed by atoms with Gasteiger partial charge in [0.05, 0.1) is 0 Å². The van der Waals surface area contributed by atoms with Crippen molar-refractivity contribution in [1.29, 1.82) is 0 Å². The first-order chi connectivity index (χ1) is 12.2. The monoisotopic (exact) mass is 508 g/mol. The normalized spacial score (nSPS) is 16.1. The number of halogens is 17. The van der Waals surface area contributed by atoms with Crippen LogP contribution < -0.4 is 0 Å². The van der Waals surface area contributed by atoms with Crippen molar-refractivity contribution in [2.75, 3.05) is 0 Å². The first-order valence-corrected chi connectivity index (χ1v) is 7.94. The van der Waals surface area contributed by atoms with Crippen molar-refractivity contribution in [2.45, 2.75) is 44.9 Å². The Bertz CT molecular complexity index is 531. The van der Waals surface area contributed by atoms with Gasteiger partial charge < -0.3 is 4.89 Å². The van der Waals surface area contributed by atoms with E-state index in [-0.39, 0.29) is 0 Å². The summed E-state index contributed by atoms with van der Waals surface area (Å²) in [5.41, 5.74) is 0. The molecule has 172 valence electrons. The third-order valence-corrected chi connectivity index (χ3v) is 3.51. The molecular weight excluding hydrogens is 505 g/mol.